The van der Waals surface area contributed by atoms with E-state index < -0.39 is 19.2 Å². The number of fused-ring (bicyclic) bond motifs is 6. The van der Waals surface area contributed by atoms with E-state index in [1.54, 1.807) is 4.52 Å². The van der Waals surface area contributed by atoms with E-state index in [1.165, 1.54) is 36.9 Å². The van der Waals surface area contributed by atoms with Gasteiger partial charge in [0.25, 0.3) is 0 Å². The summed E-state index contributed by atoms with van der Waals surface area (Å²) in [7, 11) is 0. The number of aromatic amines is 2. The highest BCUT2D eigenvalue weighted by atomic mass is 16.4. The van der Waals surface area contributed by atoms with E-state index in [0.717, 1.165) is 148 Å². The van der Waals surface area contributed by atoms with Gasteiger partial charge in [0.05, 0.1) is 35.2 Å². The summed E-state index contributed by atoms with van der Waals surface area (Å²) < 4.78 is 3.62. The monoisotopic (exact) mass is 1040 g/mol. The van der Waals surface area contributed by atoms with Gasteiger partial charge in [-0.1, -0.05) is 12.1 Å². The molecule has 21 heteroatoms. The number of anilines is 2. The first kappa shape index (κ1) is 50.2. The molecule has 12 heterocycles. The van der Waals surface area contributed by atoms with Gasteiger partial charge in [-0.3, -0.25) is 14.8 Å². The lowest BCUT2D eigenvalue weighted by Gasteiger charge is -2.39. The van der Waals surface area contributed by atoms with Gasteiger partial charge in [0.1, 0.15) is 36.2 Å². The molecule has 4 aliphatic heterocycles. The average molecular weight is 1040 g/mol. The number of hydrogen-bond acceptors (Lipinski definition) is 15. The van der Waals surface area contributed by atoms with Gasteiger partial charge in [0.15, 0.2) is 22.9 Å². The second-order valence-corrected chi connectivity index (χ2v) is 22.1. The molecule has 6 atom stereocenters. The van der Waals surface area contributed by atoms with Gasteiger partial charge >= 0.3 is 5.97 Å². The van der Waals surface area contributed by atoms with Gasteiger partial charge in [-0.25, -0.2) is 24.7 Å². The van der Waals surface area contributed by atoms with Gasteiger partial charge in [0.2, 0.25) is 5.91 Å². The molecular formula is C56H66N16O5. The number of aryl methyl sites for hydroxylation is 4. The molecule has 6 fully saturated rings. The van der Waals surface area contributed by atoms with E-state index in [2.05, 4.69) is 51.5 Å². The minimum Gasteiger partial charge on any atom is -0.480 e. The van der Waals surface area contributed by atoms with E-state index in [9.17, 15) is 9.90 Å². The molecule has 10 N–H and O–H groups in total. The summed E-state index contributed by atoms with van der Waals surface area (Å²) in [6.07, 6.45) is 20.6. The van der Waals surface area contributed by atoms with Crippen molar-refractivity contribution in [1.29, 1.82) is 0 Å². The molecule has 4 saturated heterocycles. The van der Waals surface area contributed by atoms with Crippen LogP contribution >= 0.6 is 0 Å². The number of hydrogen-bond donors (Lipinski definition) is 8. The molecule has 0 spiro atoms. The maximum absolute atomic E-state index is 12.4. The second kappa shape index (κ2) is 20.1. The third-order valence-corrected chi connectivity index (χ3v) is 16.9. The minimum atomic E-state index is -1.19. The summed E-state index contributed by atoms with van der Waals surface area (Å²) in [6, 6.07) is 9.60. The molecule has 21 nitrogen and oxygen atoms in total. The van der Waals surface area contributed by atoms with Gasteiger partial charge in [-0.05, 0) is 129 Å². The topological polar surface area (TPSA) is 306 Å². The van der Waals surface area contributed by atoms with E-state index in [-0.39, 0.29) is 23.9 Å². The largest absolute Gasteiger partial charge is 0.480 e. The Bertz CT molecular complexity index is 3470. The van der Waals surface area contributed by atoms with Gasteiger partial charge in [-0.15, -0.1) is 0 Å². The van der Waals surface area contributed by atoms with Crippen molar-refractivity contribution in [3.63, 3.8) is 0 Å². The zero-order valence-electron chi connectivity index (χ0n) is 43.9. The summed E-state index contributed by atoms with van der Waals surface area (Å²) in [6.45, 7) is 6.80. The lowest BCUT2D eigenvalue weighted by atomic mass is 9.85. The number of H-pyrrole nitrogens is 2. The van der Waals surface area contributed by atoms with Crippen LogP contribution in [0.15, 0.2) is 49.1 Å². The molecule has 8 aromatic heterocycles. The molecule has 2 saturated carbocycles. The number of rotatable bonds is 10. The number of carboxylic acids is 1. The van der Waals surface area contributed by atoms with Crippen LogP contribution in [-0.2, 0) is 9.59 Å². The Labute approximate surface area is 444 Å². The fourth-order valence-electron chi connectivity index (χ4n) is 12.6. The molecule has 77 heavy (non-hydrogen) atoms. The van der Waals surface area contributed by atoms with E-state index in [4.69, 9.17) is 36.4 Å². The number of aromatic nitrogens is 12. The number of carbonyl (C=O) groups is 2. The first-order chi connectivity index (χ1) is 37.2. The van der Waals surface area contributed by atoms with Crippen LogP contribution in [0.25, 0.3) is 56.6 Å². The highest BCUT2D eigenvalue weighted by Gasteiger charge is 2.46. The van der Waals surface area contributed by atoms with Crippen LogP contribution in [0, 0.1) is 27.7 Å². The number of aliphatic hydroxyl groups is 2. The third kappa shape index (κ3) is 9.47. The molecule has 0 radical (unpaired) electrons. The highest BCUT2D eigenvalue weighted by molar-refractivity contribution is 5.81. The molecule has 400 valence electrons. The van der Waals surface area contributed by atoms with Crippen LogP contribution in [-0.4, -0.2) is 129 Å². The fourth-order valence-corrected chi connectivity index (χ4v) is 12.6. The Morgan fingerprint density at radius 1 is 0.584 bits per heavy atom. The summed E-state index contributed by atoms with van der Waals surface area (Å²) in [5.41, 5.74) is 29.3. The number of nitrogens with one attached hydrogen (secondary N) is 3. The number of nitrogens with zero attached hydrogens (tertiary/aromatic N) is 11. The fraction of sp³-hybridized carbons (Fsp3) is 0.464. The van der Waals surface area contributed by atoms with Crippen LogP contribution in [0.2, 0.25) is 0 Å². The normalized spacial score (nSPS) is 22.5. The van der Waals surface area contributed by atoms with Gasteiger partial charge < -0.3 is 47.0 Å². The molecular weight excluding hydrogens is 977 g/mol. The van der Waals surface area contributed by atoms with Crippen molar-refractivity contribution in [2.75, 3.05) is 24.7 Å². The van der Waals surface area contributed by atoms with Crippen molar-refractivity contribution in [3.05, 3.63) is 94.3 Å². The zero-order valence-corrected chi connectivity index (χ0v) is 43.9. The number of carbonyl (C=O) groups excluding carboxylic acids is 1. The number of aliphatic carboxylic acids is 1. The Hall–Kier alpha value is -7.62. The zero-order chi connectivity index (χ0) is 53.4. The maximum atomic E-state index is 12.4. The number of amides is 1. The van der Waals surface area contributed by atoms with Crippen molar-refractivity contribution in [2.45, 2.75) is 153 Å². The SMILES string of the molecule is Cc1nc(-c2ccc(-c3cnn4c(N)c(C5CC5)c(C5CC6CC[C@H](C5)N6)nc34)cn2)[nH]c1C.Cc1nc(-c2ccc(-c3cnn4c(N)c(C5CC5)c(C5CC6CC[C@H](C5)N6C(=O)CO)nc34)cn2)[nH]c1C.O=C(O)CO. The molecule has 6 aliphatic rings. The van der Waals surface area contributed by atoms with Crippen molar-refractivity contribution in [2.24, 2.45) is 0 Å². The minimum absolute atomic E-state index is 0.153. The van der Waals surface area contributed by atoms with Crippen LogP contribution in [0.4, 0.5) is 11.6 Å². The molecule has 0 aromatic carbocycles. The summed E-state index contributed by atoms with van der Waals surface area (Å²) in [4.78, 5) is 59.1. The summed E-state index contributed by atoms with van der Waals surface area (Å²) in [5.74, 6) is 3.30. The van der Waals surface area contributed by atoms with Gasteiger partial charge in [0, 0.05) is 93.2 Å². The van der Waals surface area contributed by atoms with Crippen molar-refractivity contribution < 1.29 is 24.9 Å². The molecule has 4 unspecified atom stereocenters. The predicted molar refractivity (Wildman–Crippen MR) is 289 cm³/mol. The smallest absolute Gasteiger partial charge is 0.329 e. The van der Waals surface area contributed by atoms with Crippen LogP contribution in [0.5, 0.6) is 0 Å². The lowest BCUT2D eigenvalue weighted by Crippen LogP contribution is -2.47. The maximum Gasteiger partial charge on any atom is 0.329 e. The van der Waals surface area contributed by atoms with Crippen LogP contribution in [0.1, 0.15) is 146 Å². The Morgan fingerprint density at radius 3 is 1.39 bits per heavy atom. The quantitative estimate of drug-likeness (QED) is 0.0698. The first-order valence-electron chi connectivity index (χ1n) is 27.1. The molecule has 8 aromatic rings. The Morgan fingerprint density at radius 2 is 1.03 bits per heavy atom. The predicted octanol–water partition coefficient (Wildman–Crippen LogP) is 6.81. The van der Waals surface area contributed by atoms with E-state index >= 15 is 0 Å². The Kier molecular flexibility index (Phi) is 13.1. The Balaban J connectivity index is 0.000000143. The standard InChI is InChI=1S/C28H32N8O2.C26H30N8.C2H4O3/c1-14-15(2)33-27(32-14)22-8-5-17(11-30-22)21-12-31-36-26(29)24(16-3-4-16)25(34-28(21)36)18-9-19-6-7-20(10-18)35(19)23(38)13-37;1-13-14(2)31-25(30-13)21-8-5-16(11-28-21)20-12-29-34-24(27)22(15-3-4-15)23(33-26(20)34)17-9-18-6-7-19(10-17)32-18;3-1-2(4)5/h5,8,11-12,16,18-20,37H,3-4,6-7,9-10,13,29H2,1-2H3,(H,32,33);5,8,11-12,15,17-19,32H,3-4,6-7,9-10,27H2,1-2H3,(H,30,31);3H,1H2,(H,4,5)/t18?,19-,20?;17?,18-,19?;/m11./s1. The highest BCUT2D eigenvalue weighted by Crippen LogP contribution is 2.51. The van der Waals surface area contributed by atoms with Crippen molar-refractivity contribution in [1.82, 2.24) is 69.3 Å². The second-order valence-electron chi connectivity index (χ2n) is 22.1. The van der Waals surface area contributed by atoms with E-state index in [1.807, 2.05) is 80.1 Å². The number of piperidine rings is 2. The number of aliphatic hydroxyl groups excluding tert-OH is 2. The number of nitrogens with two attached hydrogens (primary N) is 2. The van der Waals surface area contributed by atoms with Crippen LogP contribution in [0.3, 0.4) is 0 Å². The summed E-state index contributed by atoms with van der Waals surface area (Å²) in [5, 5.41) is 37.6. The number of imidazole rings is 2. The van der Waals surface area contributed by atoms with Crippen molar-refractivity contribution >= 4 is 34.8 Å². The summed E-state index contributed by atoms with van der Waals surface area (Å²) >= 11 is 0. The van der Waals surface area contributed by atoms with Gasteiger partial charge in [-0.2, -0.15) is 19.2 Å². The molecule has 14 rings (SSSR count). The molecule has 4 bridgehead atoms. The third-order valence-electron chi connectivity index (χ3n) is 16.9. The number of carboxylic acid groups (broad SMARTS) is 1. The lowest BCUT2D eigenvalue weighted by molar-refractivity contribution is -0.140. The molecule has 1 amide bonds. The number of pyridine rings is 2. The van der Waals surface area contributed by atoms with E-state index in [0.29, 0.717) is 35.7 Å². The first-order valence-corrected chi connectivity index (χ1v) is 27.1. The number of nitrogen functional groups attached to an aromatic ring is 2. The van der Waals surface area contributed by atoms with Crippen molar-refractivity contribution in [3.8, 4) is 45.3 Å². The van der Waals surface area contributed by atoms with Crippen LogP contribution < -0.4 is 16.8 Å². The molecule has 2 aliphatic carbocycles. The average Bonchev–Trinajstić information content (AvgIpc) is 4.39.